The lowest BCUT2D eigenvalue weighted by atomic mass is 10.1. The van der Waals surface area contributed by atoms with E-state index in [0.29, 0.717) is 10.7 Å². The molecule has 0 aliphatic carbocycles. The van der Waals surface area contributed by atoms with E-state index < -0.39 is 23.6 Å². The highest BCUT2D eigenvalue weighted by molar-refractivity contribution is 6.30. The Balaban J connectivity index is 2.31. The highest BCUT2D eigenvalue weighted by Gasteiger charge is 2.19. The summed E-state index contributed by atoms with van der Waals surface area (Å²) in [6.45, 7) is 0. The van der Waals surface area contributed by atoms with Crippen molar-refractivity contribution in [1.29, 1.82) is 0 Å². The second-order valence-corrected chi connectivity index (χ2v) is 4.63. The van der Waals surface area contributed by atoms with Gasteiger partial charge in [0.05, 0.1) is 0 Å². The van der Waals surface area contributed by atoms with Crippen LogP contribution >= 0.6 is 11.6 Å². The Morgan fingerprint density at radius 2 is 1.65 bits per heavy atom. The molecule has 0 fully saturated rings. The molecule has 0 aromatic heterocycles. The third-order valence-electron chi connectivity index (χ3n) is 2.66. The van der Waals surface area contributed by atoms with Crippen molar-refractivity contribution >= 4 is 23.2 Å². The standard InChI is InChI=1S/C14H11ClF2N2O/c15-9-1-3-12(4-2-9)19-13(14(18)20)8-5-10(16)7-11(17)6-8/h1-7,13,19H,(H2,18,20). The van der Waals surface area contributed by atoms with Crippen LogP contribution in [0, 0.1) is 11.6 Å². The van der Waals surface area contributed by atoms with Crippen molar-refractivity contribution in [2.45, 2.75) is 6.04 Å². The SMILES string of the molecule is NC(=O)C(Nc1ccc(Cl)cc1)c1cc(F)cc(F)c1. The van der Waals surface area contributed by atoms with E-state index in [1.807, 2.05) is 0 Å². The molecule has 0 spiro atoms. The molecule has 3 nitrogen and oxygen atoms in total. The van der Waals surface area contributed by atoms with E-state index in [-0.39, 0.29) is 5.56 Å². The molecule has 1 amide bonds. The minimum absolute atomic E-state index is 0.116. The normalized spacial score (nSPS) is 11.9. The third kappa shape index (κ3) is 3.45. The Kier molecular flexibility index (Phi) is 4.20. The van der Waals surface area contributed by atoms with Crippen molar-refractivity contribution in [3.05, 3.63) is 64.7 Å². The number of carbonyl (C=O) groups is 1. The van der Waals surface area contributed by atoms with Crippen LogP contribution < -0.4 is 11.1 Å². The van der Waals surface area contributed by atoms with Crippen LogP contribution in [0.25, 0.3) is 0 Å². The van der Waals surface area contributed by atoms with Crippen LogP contribution in [0.4, 0.5) is 14.5 Å². The number of primary amides is 1. The number of halogens is 3. The summed E-state index contributed by atoms with van der Waals surface area (Å²) in [7, 11) is 0. The minimum Gasteiger partial charge on any atom is -0.370 e. The largest absolute Gasteiger partial charge is 0.370 e. The summed E-state index contributed by atoms with van der Waals surface area (Å²) in [6.07, 6.45) is 0. The molecule has 0 heterocycles. The first-order valence-corrected chi connectivity index (χ1v) is 6.11. The van der Waals surface area contributed by atoms with Gasteiger partial charge in [-0.25, -0.2) is 8.78 Å². The molecule has 1 atom stereocenters. The molecule has 104 valence electrons. The Labute approximate surface area is 119 Å². The summed E-state index contributed by atoms with van der Waals surface area (Å²) in [5, 5.41) is 3.34. The number of nitrogens with two attached hydrogens (primary N) is 1. The van der Waals surface area contributed by atoms with Crippen molar-refractivity contribution < 1.29 is 13.6 Å². The van der Waals surface area contributed by atoms with E-state index in [0.717, 1.165) is 18.2 Å². The van der Waals surface area contributed by atoms with Gasteiger partial charge in [-0.05, 0) is 42.0 Å². The summed E-state index contributed by atoms with van der Waals surface area (Å²) in [5.41, 5.74) is 5.95. The molecule has 0 aliphatic rings. The fourth-order valence-corrected chi connectivity index (χ4v) is 1.90. The fraction of sp³-hybridized carbons (Fsp3) is 0.0714. The van der Waals surface area contributed by atoms with Crippen molar-refractivity contribution in [1.82, 2.24) is 0 Å². The van der Waals surface area contributed by atoms with E-state index >= 15 is 0 Å². The molecule has 0 aliphatic heterocycles. The lowest BCUT2D eigenvalue weighted by molar-refractivity contribution is -0.118. The topological polar surface area (TPSA) is 55.1 Å². The molecule has 3 N–H and O–H groups in total. The molecule has 2 aromatic rings. The van der Waals surface area contributed by atoms with Crippen LogP contribution in [0.2, 0.25) is 5.02 Å². The van der Waals surface area contributed by atoms with E-state index in [2.05, 4.69) is 5.32 Å². The molecule has 20 heavy (non-hydrogen) atoms. The highest BCUT2D eigenvalue weighted by atomic mass is 35.5. The quantitative estimate of drug-likeness (QED) is 0.910. The Hall–Kier alpha value is -2.14. The molecular weight excluding hydrogens is 286 g/mol. The van der Waals surface area contributed by atoms with E-state index in [1.54, 1.807) is 24.3 Å². The first-order valence-electron chi connectivity index (χ1n) is 5.73. The monoisotopic (exact) mass is 296 g/mol. The molecule has 1 unspecified atom stereocenters. The zero-order valence-electron chi connectivity index (χ0n) is 10.2. The van der Waals surface area contributed by atoms with Gasteiger partial charge in [-0.15, -0.1) is 0 Å². The number of hydrogen-bond donors (Lipinski definition) is 2. The Morgan fingerprint density at radius 3 is 2.15 bits per heavy atom. The van der Waals surface area contributed by atoms with E-state index in [1.165, 1.54) is 0 Å². The smallest absolute Gasteiger partial charge is 0.244 e. The van der Waals surface area contributed by atoms with Crippen LogP contribution in [0.5, 0.6) is 0 Å². The van der Waals surface area contributed by atoms with Crippen molar-refractivity contribution in [3.8, 4) is 0 Å². The zero-order chi connectivity index (χ0) is 14.7. The van der Waals surface area contributed by atoms with Gasteiger partial charge in [0.1, 0.15) is 17.7 Å². The van der Waals surface area contributed by atoms with E-state index in [9.17, 15) is 13.6 Å². The van der Waals surface area contributed by atoms with Crippen LogP contribution in [0.1, 0.15) is 11.6 Å². The number of anilines is 1. The molecule has 2 rings (SSSR count). The Bertz CT molecular complexity index is 611. The summed E-state index contributed by atoms with van der Waals surface area (Å²) in [6, 6.07) is 8.30. The average Bonchev–Trinajstić information content (AvgIpc) is 2.36. The summed E-state index contributed by atoms with van der Waals surface area (Å²) in [4.78, 5) is 11.5. The second kappa shape index (κ2) is 5.88. The maximum Gasteiger partial charge on any atom is 0.244 e. The number of nitrogens with one attached hydrogen (secondary N) is 1. The van der Waals surface area contributed by atoms with Crippen LogP contribution in [0.3, 0.4) is 0 Å². The van der Waals surface area contributed by atoms with Crippen molar-refractivity contribution in [3.63, 3.8) is 0 Å². The van der Waals surface area contributed by atoms with Crippen LogP contribution in [-0.4, -0.2) is 5.91 Å². The van der Waals surface area contributed by atoms with Gasteiger partial charge < -0.3 is 11.1 Å². The minimum atomic E-state index is -1.04. The van der Waals surface area contributed by atoms with Gasteiger partial charge in [0.2, 0.25) is 5.91 Å². The number of hydrogen-bond acceptors (Lipinski definition) is 2. The van der Waals surface area contributed by atoms with E-state index in [4.69, 9.17) is 17.3 Å². The van der Waals surface area contributed by atoms with Crippen LogP contribution in [-0.2, 0) is 4.79 Å². The predicted octanol–water partition coefficient (Wildman–Crippen LogP) is 3.26. The van der Waals surface area contributed by atoms with Crippen molar-refractivity contribution in [2.75, 3.05) is 5.32 Å². The first-order chi connectivity index (χ1) is 9.45. The summed E-state index contributed by atoms with van der Waals surface area (Å²) < 4.78 is 26.4. The lowest BCUT2D eigenvalue weighted by Crippen LogP contribution is -2.27. The summed E-state index contributed by atoms with van der Waals surface area (Å²) in [5.74, 6) is -2.29. The van der Waals surface area contributed by atoms with Gasteiger partial charge in [0.15, 0.2) is 0 Å². The van der Waals surface area contributed by atoms with Gasteiger partial charge in [-0.2, -0.15) is 0 Å². The van der Waals surface area contributed by atoms with Gasteiger partial charge in [0, 0.05) is 16.8 Å². The summed E-state index contributed by atoms with van der Waals surface area (Å²) >= 11 is 5.75. The molecular formula is C14H11ClF2N2O. The maximum atomic E-state index is 13.2. The Morgan fingerprint density at radius 1 is 1.10 bits per heavy atom. The molecule has 0 saturated heterocycles. The third-order valence-corrected chi connectivity index (χ3v) is 2.91. The second-order valence-electron chi connectivity index (χ2n) is 4.19. The fourth-order valence-electron chi connectivity index (χ4n) is 1.77. The maximum absolute atomic E-state index is 13.2. The number of rotatable bonds is 4. The van der Waals surface area contributed by atoms with Gasteiger partial charge >= 0.3 is 0 Å². The lowest BCUT2D eigenvalue weighted by Gasteiger charge is -2.17. The number of carbonyl (C=O) groups excluding carboxylic acids is 1. The average molecular weight is 297 g/mol. The zero-order valence-corrected chi connectivity index (χ0v) is 11.0. The molecule has 0 radical (unpaired) electrons. The highest BCUT2D eigenvalue weighted by Crippen LogP contribution is 2.22. The molecule has 0 bridgehead atoms. The van der Waals surface area contributed by atoms with Gasteiger partial charge in [0.25, 0.3) is 0 Å². The van der Waals surface area contributed by atoms with Gasteiger partial charge in [-0.3, -0.25) is 4.79 Å². The molecule has 0 saturated carbocycles. The molecule has 6 heteroatoms. The number of amides is 1. The number of benzene rings is 2. The van der Waals surface area contributed by atoms with Gasteiger partial charge in [-0.1, -0.05) is 11.6 Å². The van der Waals surface area contributed by atoms with Crippen molar-refractivity contribution in [2.24, 2.45) is 5.73 Å². The predicted molar refractivity (Wildman–Crippen MR) is 73.4 cm³/mol. The molecule has 2 aromatic carbocycles. The van der Waals surface area contributed by atoms with Crippen LogP contribution in [0.15, 0.2) is 42.5 Å². The first kappa shape index (κ1) is 14.3.